The first kappa shape index (κ1) is 14.0. The molecule has 3 N–H and O–H groups in total. The maximum atomic E-state index is 6.01. The van der Waals surface area contributed by atoms with Crippen molar-refractivity contribution < 1.29 is 0 Å². The van der Waals surface area contributed by atoms with Crippen LogP contribution in [0.25, 0.3) is 0 Å². The summed E-state index contributed by atoms with van der Waals surface area (Å²) in [5.41, 5.74) is 6.37. The molecule has 4 heteroatoms. The highest BCUT2D eigenvalue weighted by Gasteiger charge is 2.32. The Morgan fingerprint density at radius 2 is 2.28 bits per heavy atom. The number of nitrogens with one attached hydrogen (secondary N) is 1. The van der Waals surface area contributed by atoms with Crippen LogP contribution in [-0.2, 0) is 6.42 Å². The van der Waals surface area contributed by atoms with E-state index in [1.165, 1.54) is 30.7 Å². The SMILES string of the molecule is CC1CCC(CN)(CNCCc2nccs2)CC1. The highest BCUT2D eigenvalue weighted by Crippen LogP contribution is 2.37. The maximum absolute atomic E-state index is 6.01. The largest absolute Gasteiger partial charge is 0.330 e. The zero-order valence-corrected chi connectivity index (χ0v) is 12.1. The van der Waals surface area contributed by atoms with Crippen molar-refractivity contribution in [1.82, 2.24) is 10.3 Å². The van der Waals surface area contributed by atoms with E-state index in [2.05, 4.69) is 17.2 Å². The summed E-state index contributed by atoms with van der Waals surface area (Å²) in [6.07, 6.45) is 8.17. The molecular formula is C14H25N3S. The predicted molar refractivity (Wildman–Crippen MR) is 77.8 cm³/mol. The second-order valence-corrected chi connectivity index (χ2v) is 6.72. The van der Waals surface area contributed by atoms with Crippen LogP contribution in [0.3, 0.4) is 0 Å². The summed E-state index contributed by atoms with van der Waals surface area (Å²) < 4.78 is 0. The fourth-order valence-corrected chi connectivity index (χ4v) is 3.37. The van der Waals surface area contributed by atoms with Crippen LogP contribution in [-0.4, -0.2) is 24.6 Å². The number of rotatable bonds is 6. The van der Waals surface area contributed by atoms with Crippen LogP contribution >= 0.6 is 11.3 Å². The number of nitrogens with zero attached hydrogens (tertiary/aromatic N) is 1. The monoisotopic (exact) mass is 267 g/mol. The molecular weight excluding hydrogens is 242 g/mol. The molecule has 2 rings (SSSR count). The normalized spacial score (nSPS) is 28.4. The lowest BCUT2D eigenvalue weighted by Crippen LogP contribution is -2.43. The predicted octanol–water partition coefficient (Wildman–Crippen LogP) is 2.43. The van der Waals surface area contributed by atoms with Crippen molar-refractivity contribution in [2.45, 2.75) is 39.0 Å². The third-order valence-corrected chi connectivity index (χ3v) is 5.11. The number of hydrogen-bond acceptors (Lipinski definition) is 4. The molecule has 1 aliphatic carbocycles. The van der Waals surface area contributed by atoms with Gasteiger partial charge in [-0.1, -0.05) is 19.8 Å². The molecule has 0 aliphatic heterocycles. The first-order valence-corrected chi connectivity index (χ1v) is 7.91. The van der Waals surface area contributed by atoms with Crippen molar-refractivity contribution in [2.24, 2.45) is 17.1 Å². The first-order chi connectivity index (χ1) is 8.74. The van der Waals surface area contributed by atoms with Gasteiger partial charge in [0, 0.05) is 31.1 Å². The molecule has 1 fully saturated rings. The van der Waals surface area contributed by atoms with E-state index in [1.807, 2.05) is 11.6 Å². The molecule has 0 saturated heterocycles. The van der Waals surface area contributed by atoms with Crippen molar-refractivity contribution in [2.75, 3.05) is 19.6 Å². The van der Waals surface area contributed by atoms with Gasteiger partial charge in [-0.15, -0.1) is 11.3 Å². The fourth-order valence-electron chi connectivity index (χ4n) is 2.75. The number of aromatic nitrogens is 1. The van der Waals surface area contributed by atoms with Crippen LogP contribution in [0.2, 0.25) is 0 Å². The van der Waals surface area contributed by atoms with E-state index in [-0.39, 0.29) is 0 Å². The average molecular weight is 267 g/mol. The molecule has 0 radical (unpaired) electrons. The van der Waals surface area contributed by atoms with Crippen LogP contribution < -0.4 is 11.1 Å². The van der Waals surface area contributed by atoms with Crippen LogP contribution in [0.4, 0.5) is 0 Å². The number of nitrogens with two attached hydrogens (primary N) is 1. The van der Waals surface area contributed by atoms with Gasteiger partial charge in [-0.3, -0.25) is 0 Å². The van der Waals surface area contributed by atoms with E-state index in [1.54, 1.807) is 11.3 Å². The molecule has 0 spiro atoms. The van der Waals surface area contributed by atoms with Crippen molar-refractivity contribution in [3.8, 4) is 0 Å². The van der Waals surface area contributed by atoms with Crippen LogP contribution in [0.1, 0.15) is 37.6 Å². The fraction of sp³-hybridized carbons (Fsp3) is 0.786. The van der Waals surface area contributed by atoms with E-state index in [9.17, 15) is 0 Å². The summed E-state index contributed by atoms with van der Waals surface area (Å²) in [6.45, 7) is 5.27. The van der Waals surface area contributed by atoms with Gasteiger partial charge in [-0.2, -0.15) is 0 Å². The van der Waals surface area contributed by atoms with Gasteiger partial charge in [-0.25, -0.2) is 4.98 Å². The van der Waals surface area contributed by atoms with Crippen LogP contribution in [0.15, 0.2) is 11.6 Å². The van der Waals surface area contributed by atoms with Gasteiger partial charge in [-0.05, 0) is 30.7 Å². The van der Waals surface area contributed by atoms with Gasteiger partial charge in [0.2, 0.25) is 0 Å². The van der Waals surface area contributed by atoms with E-state index in [4.69, 9.17) is 5.73 Å². The smallest absolute Gasteiger partial charge is 0.0937 e. The van der Waals surface area contributed by atoms with E-state index in [0.717, 1.165) is 32.0 Å². The van der Waals surface area contributed by atoms with Crippen LogP contribution in [0, 0.1) is 11.3 Å². The molecule has 1 aromatic rings. The number of thiazole rings is 1. The Morgan fingerprint density at radius 3 is 2.89 bits per heavy atom. The van der Waals surface area contributed by atoms with Gasteiger partial charge in [0.25, 0.3) is 0 Å². The minimum atomic E-state index is 0.357. The Morgan fingerprint density at radius 1 is 1.50 bits per heavy atom. The Labute approximate surface area is 114 Å². The van der Waals surface area contributed by atoms with Crippen molar-refractivity contribution in [3.05, 3.63) is 16.6 Å². The summed E-state index contributed by atoms with van der Waals surface area (Å²) in [5.74, 6) is 0.889. The molecule has 0 bridgehead atoms. The second-order valence-electron chi connectivity index (χ2n) is 5.74. The van der Waals surface area contributed by atoms with Gasteiger partial charge >= 0.3 is 0 Å². The van der Waals surface area contributed by atoms with Gasteiger partial charge in [0.1, 0.15) is 0 Å². The van der Waals surface area contributed by atoms with Crippen molar-refractivity contribution >= 4 is 11.3 Å². The topological polar surface area (TPSA) is 50.9 Å². The Balaban J connectivity index is 1.70. The van der Waals surface area contributed by atoms with Crippen molar-refractivity contribution in [1.29, 1.82) is 0 Å². The Hall–Kier alpha value is -0.450. The zero-order chi connectivity index (χ0) is 12.8. The van der Waals surface area contributed by atoms with Gasteiger partial charge in [0.15, 0.2) is 0 Å². The molecule has 1 heterocycles. The zero-order valence-electron chi connectivity index (χ0n) is 11.3. The summed E-state index contributed by atoms with van der Waals surface area (Å²) in [4.78, 5) is 4.30. The van der Waals surface area contributed by atoms with E-state index < -0.39 is 0 Å². The number of hydrogen-bond donors (Lipinski definition) is 2. The average Bonchev–Trinajstić information content (AvgIpc) is 2.90. The summed E-state index contributed by atoms with van der Waals surface area (Å²) in [6, 6.07) is 0. The highest BCUT2D eigenvalue weighted by molar-refractivity contribution is 7.09. The van der Waals surface area contributed by atoms with Gasteiger partial charge < -0.3 is 11.1 Å². The first-order valence-electron chi connectivity index (χ1n) is 7.03. The summed E-state index contributed by atoms with van der Waals surface area (Å²) in [7, 11) is 0. The maximum Gasteiger partial charge on any atom is 0.0937 e. The minimum absolute atomic E-state index is 0.357. The third kappa shape index (κ3) is 3.77. The van der Waals surface area contributed by atoms with Crippen molar-refractivity contribution in [3.63, 3.8) is 0 Å². The van der Waals surface area contributed by atoms with E-state index >= 15 is 0 Å². The molecule has 1 aliphatic rings. The molecule has 0 amide bonds. The molecule has 0 atom stereocenters. The van der Waals surface area contributed by atoms with Gasteiger partial charge in [0.05, 0.1) is 5.01 Å². The third-order valence-electron chi connectivity index (χ3n) is 4.27. The quantitative estimate of drug-likeness (QED) is 0.778. The van der Waals surface area contributed by atoms with Crippen LogP contribution in [0.5, 0.6) is 0 Å². The molecule has 1 saturated carbocycles. The molecule has 102 valence electrons. The standard InChI is InChI=1S/C14H25N3S/c1-12-2-5-14(10-15,6-3-12)11-16-7-4-13-17-8-9-18-13/h8-9,12,16H,2-7,10-11,15H2,1H3. The Kier molecular flexibility index (Phi) is 5.15. The lowest BCUT2D eigenvalue weighted by atomic mass is 9.71. The second kappa shape index (κ2) is 6.64. The lowest BCUT2D eigenvalue weighted by molar-refractivity contribution is 0.160. The molecule has 0 unspecified atom stereocenters. The molecule has 3 nitrogen and oxygen atoms in total. The molecule has 0 aromatic carbocycles. The summed E-state index contributed by atoms with van der Waals surface area (Å²) >= 11 is 1.74. The highest BCUT2D eigenvalue weighted by atomic mass is 32.1. The molecule has 1 aromatic heterocycles. The Bertz CT molecular complexity index is 329. The summed E-state index contributed by atoms with van der Waals surface area (Å²) in [5, 5.41) is 6.85. The lowest BCUT2D eigenvalue weighted by Gasteiger charge is -2.38. The van der Waals surface area contributed by atoms with E-state index in [0.29, 0.717) is 5.41 Å². The minimum Gasteiger partial charge on any atom is -0.330 e. The molecule has 18 heavy (non-hydrogen) atoms.